The van der Waals surface area contributed by atoms with Crippen LogP contribution in [0.5, 0.6) is 5.88 Å². The van der Waals surface area contributed by atoms with Crippen LogP contribution in [0.25, 0.3) is 0 Å². The van der Waals surface area contributed by atoms with Gasteiger partial charge in [0, 0.05) is 12.6 Å². The second-order valence-electron chi connectivity index (χ2n) is 4.45. The first-order valence-corrected chi connectivity index (χ1v) is 6.84. The zero-order chi connectivity index (χ0) is 15.1. The van der Waals surface area contributed by atoms with E-state index in [1.807, 2.05) is 0 Å². The molecule has 0 unspecified atom stereocenters. The van der Waals surface area contributed by atoms with Gasteiger partial charge in [-0.15, -0.1) is 0 Å². The molecule has 1 aromatic heterocycles. The van der Waals surface area contributed by atoms with Crippen molar-refractivity contribution in [3.05, 3.63) is 23.9 Å². The Hall–Kier alpha value is -2.15. The number of aromatic nitrogens is 1. The normalized spacial score (nSPS) is 17.3. The molecular formula is C14H18N2O5. The molecule has 0 saturated carbocycles. The largest absolute Gasteiger partial charge is 0.471 e. The Morgan fingerprint density at radius 1 is 1.52 bits per heavy atom. The Kier molecular flexibility index (Phi) is 5.51. The summed E-state index contributed by atoms with van der Waals surface area (Å²) < 4.78 is 15.6. The summed E-state index contributed by atoms with van der Waals surface area (Å²) in [5, 5.41) is 2.48. The van der Waals surface area contributed by atoms with E-state index in [9.17, 15) is 9.59 Å². The van der Waals surface area contributed by atoms with Gasteiger partial charge in [0.15, 0.2) is 0 Å². The maximum absolute atomic E-state index is 12.1. The van der Waals surface area contributed by atoms with Crippen LogP contribution in [0.3, 0.4) is 0 Å². The van der Waals surface area contributed by atoms with Gasteiger partial charge in [0.05, 0.1) is 19.8 Å². The van der Waals surface area contributed by atoms with Gasteiger partial charge in [0.25, 0.3) is 5.91 Å². The van der Waals surface area contributed by atoms with Crippen molar-refractivity contribution < 1.29 is 23.8 Å². The van der Waals surface area contributed by atoms with Crippen LogP contribution < -0.4 is 10.1 Å². The van der Waals surface area contributed by atoms with E-state index in [0.717, 1.165) is 6.42 Å². The quantitative estimate of drug-likeness (QED) is 0.771. The van der Waals surface area contributed by atoms with Crippen molar-refractivity contribution in [1.82, 2.24) is 10.3 Å². The van der Waals surface area contributed by atoms with Crippen molar-refractivity contribution in [2.75, 3.05) is 26.4 Å². The molecule has 1 aliphatic heterocycles. The van der Waals surface area contributed by atoms with E-state index in [2.05, 4.69) is 10.3 Å². The van der Waals surface area contributed by atoms with Crippen LogP contribution in [0.15, 0.2) is 18.3 Å². The lowest BCUT2D eigenvalue weighted by Gasteiger charge is -2.13. The molecule has 0 spiro atoms. The molecule has 1 aromatic rings. The maximum Gasteiger partial charge on any atom is 0.325 e. The van der Waals surface area contributed by atoms with Gasteiger partial charge in [-0.2, -0.15) is 0 Å². The zero-order valence-corrected chi connectivity index (χ0v) is 11.8. The topological polar surface area (TPSA) is 86.8 Å². The Bertz CT molecular complexity index is 500. The number of pyridine rings is 1. The predicted molar refractivity (Wildman–Crippen MR) is 73.1 cm³/mol. The van der Waals surface area contributed by atoms with Gasteiger partial charge < -0.3 is 19.5 Å². The predicted octanol–water partition coefficient (Wildman–Crippen LogP) is 0.542. The SMILES string of the molecule is CCOC(=O)CNC(=O)c1cccnc1O[C@H]1CCOC1. The summed E-state index contributed by atoms with van der Waals surface area (Å²) >= 11 is 0. The molecule has 0 aromatic carbocycles. The molecule has 114 valence electrons. The standard InChI is InChI=1S/C14H18N2O5/c1-2-20-12(17)8-16-13(18)11-4-3-6-15-14(11)21-10-5-7-19-9-10/h3-4,6,10H,2,5,7-9H2,1H3,(H,16,18)/t10-/m0/s1. The summed E-state index contributed by atoms with van der Waals surface area (Å²) in [6.07, 6.45) is 2.21. The van der Waals surface area contributed by atoms with Gasteiger partial charge in [0.1, 0.15) is 18.2 Å². The molecule has 1 atom stereocenters. The summed E-state index contributed by atoms with van der Waals surface area (Å²) in [6, 6.07) is 3.23. The van der Waals surface area contributed by atoms with E-state index in [1.165, 1.54) is 0 Å². The average molecular weight is 294 g/mol. The third-order valence-corrected chi connectivity index (χ3v) is 2.88. The van der Waals surface area contributed by atoms with Crippen molar-refractivity contribution in [2.45, 2.75) is 19.4 Å². The van der Waals surface area contributed by atoms with Crippen LogP contribution in [-0.2, 0) is 14.3 Å². The lowest BCUT2D eigenvalue weighted by molar-refractivity contribution is -0.141. The van der Waals surface area contributed by atoms with Crippen LogP contribution in [-0.4, -0.2) is 49.3 Å². The lowest BCUT2D eigenvalue weighted by Crippen LogP contribution is -2.31. The Balaban J connectivity index is 1.97. The van der Waals surface area contributed by atoms with Crippen LogP contribution in [0.2, 0.25) is 0 Å². The van der Waals surface area contributed by atoms with Gasteiger partial charge in [-0.25, -0.2) is 4.98 Å². The van der Waals surface area contributed by atoms with Crippen molar-refractivity contribution in [3.63, 3.8) is 0 Å². The number of carbonyl (C=O) groups excluding carboxylic acids is 2. The number of esters is 1. The molecule has 0 bridgehead atoms. The molecule has 1 saturated heterocycles. The second-order valence-corrected chi connectivity index (χ2v) is 4.45. The van der Waals surface area contributed by atoms with Crippen molar-refractivity contribution in [1.29, 1.82) is 0 Å². The number of hydrogen-bond donors (Lipinski definition) is 1. The molecule has 1 aliphatic rings. The van der Waals surface area contributed by atoms with Crippen molar-refractivity contribution in [3.8, 4) is 5.88 Å². The Morgan fingerprint density at radius 2 is 2.38 bits per heavy atom. The molecule has 1 fully saturated rings. The summed E-state index contributed by atoms with van der Waals surface area (Å²) in [6.45, 7) is 2.92. The molecule has 0 radical (unpaired) electrons. The van der Waals surface area contributed by atoms with Crippen LogP contribution in [0.1, 0.15) is 23.7 Å². The van der Waals surface area contributed by atoms with Crippen LogP contribution in [0, 0.1) is 0 Å². The van der Waals surface area contributed by atoms with Gasteiger partial charge in [-0.1, -0.05) is 0 Å². The van der Waals surface area contributed by atoms with E-state index in [0.29, 0.717) is 13.2 Å². The first kappa shape index (κ1) is 15.2. The van der Waals surface area contributed by atoms with E-state index in [-0.39, 0.29) is 30.7 Å². The minimum Gasteiger partial charge on any atom is -0.471 e. The Morgan fingerprint density at radius 3 is 3.10 bits per heavy atom. The van der Waals surface area contributed by atoms with Crippen molar-refractivity contribution >= 4 is 11.9 Å². The van der Waals surface area contributed by atoms with E-state index >= 15 is 0 Å². The van der Waals surface area contributed by atoms with Crippen LogP contribution >= 0.6 is 0 Å². The number of amides is 1. The average Bonchev–Trinajstić information content (AvgIpc) is 2.99. The van der Waals surface area contributed by atoms with E-state index < -0.39 is 11.9 Å². The number of carbonyl (C=O) groups is 2. The minimum atomic E-state index is -0.485. The number of rotatable bonds is 6. The lowest BCUT2D eigenvalue weighted by atomic mass is 10.2. The van der Waals surface area contributed by atoms with Gasteiger partial charge in [0.2, 0.25) is 5.88 Å². The van der Waals surface area contributed by atoms with Gasteiger partial charge >= 0.3 is 5.97 Å². The van der Waals surface area contributed by atoms with Crippen LogP contribution in [0.4, 0.5) is 0 Å². The number of hydrogen-bond acceptors (Lipinski definition) is 6. The molecule has 1 amide bonds. The highest BCUT2D eigenvalue weighted by Crippen LogP contribution is 2.19. The first-order chi connectivity index (χ1) is 10.2. The summed E-state index contributed by atoms with van der Waals surface area (Å²) in [5.74, 6) is -0.666. The summed E-state index contributed by atoms with van der Waals surface area (Å²) in [7, 11) is 0. The van der Waals surface area contributed by atoms with E-state index in [4.69, 9.17) is 14.2 Å². The molecule has 2 rings (SSSR count). The molecule has 7 nitrogen and oxygen atoms in total. The smallest absolute Gasteiger partial charge is 0.325 e. The highest BCUT2D eigenvalue weighted by molar-refractivity contribution is 5.97. The third-order valence-electron chi connectivity index (χ3n) is 2.88. The molecule has 21 heavy (non-hydrogen) atoms. The van der Waals surface area contributed by atoms with E-state index in [1.54, 1.807) is 25.3 Å². The second kappa shape index (κ2) is 7.58. The molecule has 1 N–H and O–H groups in total. The first-order valence-electron chi connectivity index (χ1n) is 6.84. The molecule has 7 heteroatoms. The fraction of sp³-hybridized carbons (Fsp3) is 0.500. The number of ether oxygens (including phenoxy) is 3. The molecule has 0 aliphatic carbocycles. The van der Waals surface area contributed by atoms with Gasteiger partial charge in [-0.05, 0) is 19.1 Å². The summed E-state index contributed by atoms with van der Waals surface area (Å²) in [4.78, 5) is 27.4. The highest BCUT2D eigenvalue weighted by atomic mass is 16.6. The fourth-order valence-electron chi connectivity index (χ4n) is 1.88. The third kappa shape index (κ3) is 4.42. The maximum atomic E-state index is 12.1. The summed E-state index contributed by atoms with van der Waals surface area (Å²) in [5.41, 5.74) is 0.286. The number of nitrogens with one attached hydrogen (secondary N) is 1. The zero-order valence-electron chi connectivity index (χ0n) is 11.8. The monoisotopic (exact) mass is 294 g/mol. The fourth-order valence-corrected chi connectivity index (χ4v) is 1.88. The van der Waals surface area contributed by atoms with Gasteiger partial charge in [-0.3, -0.25) is 9.59 Å². The molecule has 2 heterocycles. The minimum absolute atomic E-state index is 0.100. The molecular weight excluding hydrogens is 276 g/mol. The number of nitrogens with zero attached hydrogens (tertiary/aromatic N) is 1. The Labute approximate surface area is 122 Å². The van der Waals surface area contributed by atoms with Crippen molar-refractivity contribution in [2.24, 2.45) is 0 Å². The highest BCUT2D eigenvalue weighted by Gasteiger charge is 2.21.